The van der Waals surface area contributed by atoms with E-state index in [9.17, 15) is 58.3 Å². The highest BCUT2D eigenvalue weighted by Gasteiger charge is 2.36. The molecule has 0 saturated heterocycles. The lowest BCUT2D eigenvalue weighted by molar-refractivity contribution is -0.134. The summed E-state index contributed by atoms with van der Waals surface area (Å²) in [5.74, 6) is -6.83. The fourth-order valence-electron chi connectivity index (χ4n) is 12.2. The van der Waals surface area contributed by atoms with Gasteiger partial charge in [0.05, 0.1) is 127 Å². The number of fused-ring (bicyclic) bond motifs is 4. The molecule has 10 aromatic rings. The van der Waals surface area contributed by atoms with Crippen molar-refractivity contribution in [3.05, 3.63) is 235 Å². The molecule has 0 radical (unpaired) electrons. The van der Waals surface area contributed by atoms with Crippen LogP contribution in [0.4, 0.5) is 59.2 Å². The summed E-state index contributed by atoms with van der Waals surface area (Å²) in [5.41, 5.74) is 10.8. The van der Waals surface area contributed by atoms with E-state index < -0.39 is 82.6 Å². The molecule has 4 aromatic heterocycles. The highest BCUT2D eigenvalue weighted by Crippen LogP contribution is 2.35. The van der Waals surface area contributed by atoms with E-state index in [2.05, 4.69) is 55.2 Å². The monoisotopic (exact) mass is 1670 g/mol. The number of anilines is 1. The Balaban J connectivity index is 0.000000160. The van der Waals surface area contributed by atoms with E-state index in [1.807, 2.05) is 77.9 Å². The fourth-order valence-corrected chi connectivity index (χ4v) is 12.7. The van der Waals surface area contributed by atoms with Gasteiger partial charge in [0.15, 0.2) is 0 Å². The molecule has 4 aliphatic heterocycles. The Labute approximate surface area is 652 Å². The van der Waals surface area contributed by atoms with Crippen LogP contribution in [0.1, 0.15) is 109 Å². The molecule has 0 fully saturated rings. The first kappa shape index (κ1) is 84.9. The van der Waals surface area contributed by atoms with Crippen molar-refractivity contribution < 1.29 is 77.8 Å². The third-order valence-electron chi connectivity index (χ3n) is 17.8. The van der Waals surface area contributed by atoms with Crippen molar-refractivity contribution in [2.45, 2.75) is 163 Å². The Morgan fingerprint density at radius 2 is 0.884 bits per heavy atom. The number of rotatable bonds is 6. The number of hydrogen-bond acceptors (Lipinski definition) is 15. The van der Waals surface area contributed by atoms with Crippen molar-refractivity contribution in [2.24, 2.45) is 0 Å². The number of nitrogens with zero attached hydrogens (tertiary/aromatic N) is 13. The van der Waals surface area contributed by atoms with Gasteiger partial charge in [-0.3, -0.25) is 33.3 Å². The number of carbonyl (C=O) groups is 3. The molecule has 0 saturated carbocycles. The number of hydrogen-bond donors (Lipinski definition) is 4. The second-order valence-corrected chi connectivity index (χ2v) is 29.8. The molecule has 6 aromatic carbocycles. The van der Waals surface area contributed by atoms with E-state index in [-0.39, 0.29) is 77.4 Å². The molecular formula is C78H79BF10IN15O7. The zero-order chi connectivity index (χ0) is 82.0. The number of benzene rings is 6. The molecular weight excluding hydrogens is 1590 g/mol. The quantitative estimate of drug-likeness (QED) is 0.0521. The molecule has 0 aliphatic carbocycles. The fraction of sp³-hybridized carbons (Fsp3) is 0.321. The Hall–Kier alpha value is -11.1. The van der Waals surface area contributed by atoms with E-state index in [0.29, 0.717) is 77.6 Å². The molecule has 34 heteroatoms. The molecule has 8 heterocycles. The van der Waals surface area contributed by atoms with E-state index in [1.54, 1.807) is 48.6 Å². The summed E-state index contributed by atoms with van der Waals surface area (Å²) in [6.45, 7) is 23.0. The van der Waals surface area contributed by atoms with Crippen LogP contribution in [-0.2, 0) is 73.0 Å². The second kappa shape index (κ2) is 36.4. The highest BCUT2D eigenvalue weighted by molar-refractivity contribution is 14.1. The van der Waals surface area contributed by atoms with Crippen molar-refractivity contribution in [3.63, 3.8) is 0 Å². The summed E-state index contributed by atoms with van der Waals surface area (Å²) in [6, 6.07) is 24.5. The van der Waals surface area contributed by atoms with E-state index in [1.165, 1.54) is 79.0 Å². The number of halogens is 11. The normalized spacial score (nSPS) is 16.0. The number of aromatic nitrogens is 8. The zero-order valence-electron chi connectivity index (χ0n) is 62.4. The van der Waals surface area contributed by atoms with Gasteiger partial charge >= 0.3 is 19.3 Å². The minimum absolute atomic E-state index is 0.00762. The molecule has 3 amide bonds. The lowest BCUT2D eigenvalue weighted by Crippen LogP contribution is -2.47. The van der Waals surface area contributed by atoms with Gasteiger partial charge in [-0.2, -0.15) is 30.9 Å². The Morgan fingerprint density at radius 3 is 1.31 bits per heavy atom. The van der Waals surface area contributed by atoms with Crippen LogP contribution in [0.25, 0.3) is 33.4 Å². The van der Waals surface area contributed by atoms with Crippen LogP contribution in [-0.4, -0.2) is 124 Å². The van der Waals surface area contributed by atoms with E-state index >= 15 is 0 Å². The summed E-state index contributed by atoms with van der Waals surface area (Å²) >= 11 is 2.25. The molecule has 588 valence electrons. The summed E-state index contributed by atoms with van der Waals surface area (Å²) in [7, 11) is -1.89. The number of nitriles is 2. The van der Waals surface area contributed by atoms with Crippen molar-refractivity contribution in [1.29, 1.82) is 10.5 Å². The smallest absolute Gasteiger partial charge is 0.444 e. The van der Waals surface area contributed by atoms with Crippen LogP contribution >= 0.6 is 22.6 Å². The van der Waals surface area contributed by atoms with Crippen molar-refractivity contribution >= 4 is 59.0 Å². The van der Waals surface area contributed by atoms with Gasteiger partial charge in [0.2, 0.25) is 5.91 Å². The first-order chi connectivity index (χ1) is 52.8. The maximum absolute atomic E-state index is 14.3. The average Bonchev–Trinajstić information content (AvgIpc) is 1.60. The van der Waals surface area contributed by atoms with Crippen LogP contribution in [0, 0.1) is 84.4 Å². The predicted octanol–water partition coefficient (Wildman–Crippen LogP) is 13.7. The summed E-state index contributed by atoms with van der Waals surface area (Å²) in [5, 5.41) is 54.7. The molecule has 22 nitrogen and oxygen atoms in total. The molecule has 14 rings (SSSR count). The number of ether oxygens (including phenoxy) is 2. The van der Waals surface area contributed by atoms with Crippen LogP contribution in [0.5, 0.6) is 0 Å². The highest BCUT2D eigenvalue weighted by atomic mass is 127. The van der Waals surface area contributed by atoms with Crippen LogP contribution in [0.3, 0.4) is 0 Å². The standard InChI is InChI=1S/C22H17F3N4O.C18H21F2N3O2.C13H13F2N3.C12H18IN3O2.C7H5FN2.C6H5BF2O2/c1-13-11-29-21(18(10-27-29)17-4-3-16(23)8-20(17)25)12-28(13)22(30)7-14-2-5-19(24)15(6-14)9-26;1-11-9-23-16(10-22(11)17(24)25-18(2,3)4)14(8-21-23)13-6-5-12(19)7-15(13)20;1-8-7-18-13(6-16-8)11(5-17-18)10-3-2-9(14)4-12(10)15;1-8-6-16-10(9(13)5-14-16)7-15(8)11(17)18-12(2,3)4;8-7-2-1-6(10)3-5(7)4-9;8-4-1-2-5(7(10)11)6(9)3-4/h2-6,8,10,13H,7,11-12H2,1H3;5-8,11H,9-10H2,1-4H3;2-5,8,16H,6-7H2,1H3;5,8H,6-7H2,1-4H3;1-3H,10H2;1-3,10-11H. The Kier molecular flexibility index (Phi) is 27.6. The molecule has 4 atom stereocenters. The first-order valence-electron chi connectivity index (χ1n) is 35.0. The summed E-state index contributed by atoms with van der Waals surface area (Å²) < 4.78 is 152. The van der Waals surface area contributed by atoms with Gasteiger partial charge in [0, 0.05) is 87.4 Å². The predicted molar refractivity (Wildman–Crippen MR) is 403 cm³/mol. The number of amides is 3. The lowest BCUT2D eigenvalue weighted by Gasteiger charge is -2.35. The third kappa shape index (κ3) is 21.5. The van der Waals surface area contributed by atoms with Crippen LogP contribution < -0.4 is 16.5 Å². The summed E-state index contributed by atoms with van der Waals surface area (Å²) in [4.78, 5) is 42.6. The van der Waals surface area contributed by atoms with Crippen LogP contribution in [0.2, 0.25) is 0 Å². The maximum atomic E-state index is 14.3. The number of carbonyl (C=O) groups excluding carboxylic acids is 3. The maximum Gasteiger partial charge on any atom is 0.491 e. The zero-order valence-corrected chi connectivity index (χ0v) is 64.6. The molecule has 5 N–H and O–H groups in total. The van der Waals surface area contributed by atoms with Crippen molar-refractivity contribution in [1.82, 2.24) is 59.1 Å². The molecule has 0 bridgehead atoms. The van der Waals surface area contributed by atoms with Gasteiger partial charge in [-0.1, -0.05) is 12.1 Å². The molecule has 4 aliphatic rings. The van der Waals surface area contributed by atoms with E-state index in [0.717, 1.165) is 63.9 Å². The van der Waals surface area contributed by atoms with Crippen LogP contribution in [0.15, 0.2) is 134 Å². The molecule has 112 heavy (non-hydrogen) atoms. The first-order valence-corrected chi connectivity index (χ1v) is 36.1. The topological polar surface area (TPSA) is 277 Å². The number of nitrogens with one attached hydrogen (secondary N) is 1. The minimum Gasteiger partial charge on any atom is -0.444 e. The van der Waals surface area contributed by atoms with Gasteiger partial charge in [-0.05, 0) is 170 Å². The van der Waals surface area contributed by atoms with Crippen molar-refractivity contribution in [3.8, 4) is 45.5 Å². The second-order valence-electron chi connectivity index (χ2n) is 28.6. The van der Waals surface area contributed by atoms with Gasteiger partial charge < -0.3 is 35.5 Å². The molecule has 0 spiro atoms. The third-order valence-corrected chi connectivity index (χ3v) is 18.7. The van der Waals surface area contributed by atoms with Gasteiger partial charge in [-0.25, -0.2) is 53.5 Å². The SMILES string of the molecule is CC1Cn2ncc(-c3ccc(F)cc3F)c2CN1.CC1Cn2ncc(-c3ccc(F)cc3F)c2CN1C(=O)Cc1ccc(F)c(C#N)c1.CC1Cn2ncc(-c3ccc(F)cc3F)c2CN1C(=O)OC(C)(C)C.CC1Cn2ncc(I)c2CN1C(=O)OC(C)(C)C.N#Cc1cc(N)ccc1F.OB(O)c1ccc(F)cc1F. The molecule has 4 unspecified atom stereocenters. The average molecular weight is 1670 g/mol. The van der Waals surface area contributed by atoms with Gasteiger partial charge in [-0.15, -0.1) is 0 Å². The van der Waals surface area contributed by atoms with E-state index in [4.69, 9.17) is 35.8 Å². The van der Waals surface area contributed by atoms with Crippen molar-refractivity contribution in [2.75, 3.05) is 5.73 Å². The number of nitrogen functional groups attached to an aromatic ring is 1. The van der Waals surface area contributed by atoms with Gasteiger partial charge in [0.25, 0.3) is 0 Å². The largest absolute Gasteiger partial charge is 0.491 e. The van der Waals surface area contributed by atoms with Gasteiger partial charge in [0.1, 0.15) is 81.5 Å². The minimum atomic E-state index is -1.89. The Morgan fingerprint density at radius 1 is 0.500 bits per heavy atom. The lowest BCUT2D eigenvalue weighted by atomic mass is 9.80. The Bertz CT molecular complexity index is 5170. The summed E-state index contributed by atoms with van der Waals surface area (Å²) in [6.07, 6.45) is 5.89. The number of nitrogens with two attached hydrogens (primary N) is 1.